The van der Waals surface area contributed by atoms with E-state index in [1.54, 1.807) is 24.3 Å². The smallest absolute Gasteiger partial charge is 0.475 e. The number of carbonyl (C=O) groups excluding carboxylic acids is 7. The van der Waals surface area contributed by atoms with E-state index in [4.69, 9.17) is 9.90 Å². The first-order chi connectivity index (χ1) is 28.8. The van der Waals surface area contributed by atoms with Crippen LogP contribution in [0.4, 0.5) is 13.2 Å². The van der Waals surface area contributed by atoms with E-state index in [-0.39, 0.29) is 25.1 Å². The number of amides is 7. The van der Waals surface area contributed by atoms with E-state index in [0.29, 0.717) is 21.5 Å². The number of carboxylic acid groups (broad SMARTS) is 1. The number of aliphatic hydroxyl groups excluding tert-OH is 3. The van der Waals surface area contributed by atoms with Gasteiger partial charge < -0.3 is 67.3 Å². The second kappa shape index (κ2) is 20.1. The number of aliphatic hydroxyl groups is 4. The second-order valence-electron chi connectivity index (χ2n) is 15.4. The lowest BCUT2D eigenvalue weighted by Crippen LogP contribution is -2.61. The fraction of sp³-hybridized carbons (Fsp3) is 0.568. The molecule has 21 nitrogen and oxygen atoms in total. The molecule has 1 unspecified atom stereocenters. The minimum absolute atomic E-state index is 0.170. The van der Waals surface area contributed by atoms with Crippen LogP contribution in [0.1, 0.15) is 46.1 Å². The molecule has 2 bridgehead atoms. The van der Waals surface area contributed by atoms with Crippen LogP contribution in [0.15, 0.2) is 29.3 Å². The summed E-state index contributed by atoms with van der Waals surface area (Å²) in [6.07, 6.45) is -8.61. The summed E-state index contributed by atoms with van der Waals surface area (Å²) in [6, 6.07) is -2.86. The van der Waals surface area contributed by atoms with Gasteiger partial charge in [0.05, 0.1) is 29.4 Å². The van der Waals surface area contributed by atoms with E-state index in [9.17, 15) is 67.2 Å². The van der Waals surface area contributed by atoms with Gasteiger partial charge in [0.25, 0.3) is 0 Å². The zero-order valence-electron chi connectivity index (χ0n) is 33.7. The molecule has 1 aromatic heterocycles. The Bertz CT molecular complexity index is 2050. The number of nitrogens with zero attached hydrogens (tertiary/aromatic N) is 1. The third-order valence-corrected chi connectivity index (χ3v) is 11.3. The number of rotatable bonds is 4. The van der Waals surface area contributed by atoms with Gasteiger partial charge in [0.1, 0.15) is 42.3 Å². The molecule has 1 aromatic carbocycles. The number of H-pyrrole nitrogens is 1. The van der Waals surface area contributed by atoms with Crippen LogP contribution < -0.4 is 31.9 Å². The lowest BCUT2D eigenvalue weighted by molar-refractivity contribution is -0.192. The molecule has 2 aromatic rings. The van der Waals surface area contributed by atoms with Crippen LogP contribution in [-0.2, 0) is 44.8 Å². The number of para-hydroxylation sites is 1. The number of carboxylic acids is 1. The van der Waals surface area contributed by atoms with E-state index in [1.807, 2.05) is 0 Å². The highest BCUT2D eigenvalue weighted by atomic mass is 32.2. The molecule has 4 heterocycles. The minimum atomic E-state index is -5.08. The monoisotopic (exact) mass is 902 g/mol. The molecule has 0 radical (unpaired) electrons. The number of nitrogens with one attached hydrogen (secondary N) is 7. The number of fused-ring (bicyclic) bond motifs is 5. The van der Waals surface area contributed by atoms with Crippen molar-refractivity contribution in [2.24, 2.45) is 0 Å². The first-order valence-electron chi connectivity index (χ1n) is 19.2. The number of aliphatic carboxylic acids is 1. The second-order valence-corrected chi connectivity index (χ2v) is 16.5. The molecule has 3 aliphatic rings. The first-order valence-corrected chi connectivity index (χ1v) is 20.2. The SMILES string of the molecule is C[C@@H]1NC(=O)[C@H](CC(C)(O)CO)NC(=O)[C@@H]2Cc3c([nH]c4ccccc34)SC[C@H](NC(=O)[C@@H]([C@H](C)O)NC1=O)C(=O)N1C[C@@H](O)C[C@H]1C(=O)N[C@@H](C)C(=O)N2.O=C(O)C(F)(F)F. The van der Waals surface area contributed by atoms with Crippen molar-refractivity contribution in [2.75, 3.05) is 18.9 Å². The molecule has 1 fully saturated rings. The highest BCUT2D eigenvalue weighted by molar-refractivity contribution is 7.99. The minimum Gasteiger partial charge on any atom is -0.475 e. The number of hydrogen-bond acceptors (Lipinski definition) is 13. The maximum absolute atomic E-state index is 14.3. The maximum atomic E-state index is 14.3. The van der Waals surface area contributed by atoms with E-state index in [0.717, 1.165) is 16.7 Å². The molecule has 0 spiro atoms. The molecule has 5 rings (SSSR count). The highest BCUT2D eigenvalue weighted by Gasteiger charge is 2.44. The molecule has 25 heteroatoms. The molecular formula is C37H49F3N8O13S. The Kier molecular flexibility index (Phi) is 16.0. The van der Waals surface area contributed by atoms with Crippen molar-refractivity contribution in [1.82, 2.24) is 41.8 Å². The van der Waals surface area contributed by atoms with Gasteiger partial charge in [-0.25, -0.2) is 4.79 Å². The van der Waals surface area contributed by atoms with Crippen molar-refractivity contribution in [3.8, 4) is 0 Å². The van der Waals surface area contributed by atoms with Crippen LogP contribution in [0.2, 0.25) is 0 Å². The molecule has 0 aliphatic carbocycles. The van der Waals surface area contributed by atoms with Crippen LogP contribution in [0.5, 0.6) is 0 Å². The van der Waals surface area contributed by atoms with Crippen LogP contribution in [0, 0.1) is 0 Å². The van der Waals surface area contributed by atoms with Crippen molar-refractivity contribution in [3.05, 3.63) is 29.8 Å². The molecule has 7 amide bonds. The van der Waals surface area contributed by atoms with Crippen LogP contribution in [0.3, 0.4) is 0 Å². The van der Waals surface area contributed by atoms with Gasteiger partial charge in [-0.2, -0.15) is 13.2 Å². The summed E-state index contributed by atoms with van der Waals surface area (Å²) in [4.78, 5) is 110. The number of benzene rings is 1. The number of thioether (sulfide) groups is 1. The average molecular weight is 903 g/mol. The van der Waals surface area contributed by atoms with Gasteiger partial charge in [-0.3, -0.25) is 33.6 Å². The van der Waals surface area contributed by atoms with E-state index < -0.39 is 127 Å². The van der Waals surface area contributed by atoms with Gasteiger partial charge in [0.15, 0.2) is 0 Å². The normalized spacial score (nSPS) is 28.6. The quantitative estimate of drug-likeness (QED) is 0.145. The number of hydrogen-bond donors (Lipinski definition) is 12. The predicted molar refractivity (Wildman–Crippen MR) is 209 cm³/mol. The molecule has 1 saturated heterocycles. The molecule has 10 atom stereocenters. The van der Waals surface area contributed by atoms with Crippen molar-refractivity contribution in [3.63, 3.8) is 0 Å². The lowest BCUT2D eigenvalue weighted by atomic mass is 9.96. The van der Waals surface area contributed by atoms with Gasteiger partial charge >= 0.3 is 12.1 Å². The Morgan fingerprint density at radius 1 is 0.871 bits per heavy atom. The first kappa shape index (κ1) is 49.2. The number of alkyl halides is 3. The van der Waals surface area contributed by atoms with E-state index in [2.05, 4.69) is 36.9 Å². The van der Waals surface area contributed by atoms with Gasteiger partial charge in [-0.05, 0) is 39.3 Å². The Morgan fingerprint density at radius 3 is 2.05 bits per heavy atom. The number of aromatic amines is 1. The molecule has 62 heavy (non-hydrogen) atoms. The van der Waals surface area contributed by atoms with E-state index in [1.165, 1.54) is 27.7 Å². The van der Waals surface area contributed by atoms with Crippen molar-refractivity contribution < 1.29 is 77.1 Å². The third kappa shape index (κ3) is 12.3. The molecule has 0 saturated carbocycles. The van der Waals surface area contributed by atoms with Crippen LogP contribution >= 0.6 is 11.8 Å². The Balaban J connectivity index is 0.00000111. The van der Waals surface area contributed by atoms with Crippen LogP contribution in [-0.4, -0.2) is 168 Å². The summed E-state index contributed by atoms with van der Waals surface area (Å²) < 4.78 is 31.7. The summed E-state index contributed by atoms with van der Waals surface area (Å²) in [5.41, 5.74) is -0.741. The Labute approximate surface area is 355 Å². The summed E-state index contributed by atoms with van der Waals surface area (Å²) in [5.74, 6) is -9.01. The fourth-order valence-corrected chi connectivity index (χ4v) is 7.85. The largest absolute Gasteiger partial charge is 0.490 e. The number of aromatic nitrogens is 1. The number of carbonyl (C=O) groups is 8. The highest BCUT2D eigenvalue weighted by Crippen LogP contribution is 2.32. The van der Waals surface area contributed by atoms with Crippen molar-refractivity contribution in [1.29, 1.82) is 0 Å². The predicted octanol–water partition coefficient (Wildman–Crippen LogP) is -3.11. The number of halogens is 3. The lowest BCUT2D eigenvalue weighted by Gasteiger charge is -2.31. The molecule has 12 N–H and O–H groups in total. The van der Waals surface area contributed by atoms with Crippen molar-refractivity contribution >= 4 is 70.0 Å². The Hall–Kier alpha value is -5.50. The van der Waals surface area contributed by atoms with Gasteiger partial charge in [-0.1, -0.05) is 18.2 Å². The van der Waals surface area contributed by atoms with Crippen LogP contribution in [0.25, 0.3) is 10.9 Å². The zero-order valence-corrected chi connectivity index (χ0v) is 34.6. The maximum Gasteiger partial charge on any atom is 0.490 e. The summed E-state index contributed by atoms with van der Waals surface area (Å²) in [7, 11) is 0. The molecule has 3 aliphatic heterocycles. The zero-order chi connectivity index (χ0) is 46.4. The van der Waals surface area contributed by atoms with Gasteiger partial charge in [0.2, 0.25) is 41.4 Å². The molecular weight excluding hydrogens is 854 g/mol. The van der Waals surface area contributed by atoms with Gasteiger partial charge in [-0.15, -0.1) is 11.8 Å². The molecule has 342 valence electrons. The average Bonchev–Trinajstić information content (AvgIpc) is 3.76. The van der Waals surface area contributed by atoms with Crippen molar-refractivity contribution in [2.45, 2.75) is 118 Å². The van der Waals surface area contributed by atoms with Gasteiger partial charge in [0, 0.05) is 42.5 Å². The summed E-state index contributed by atoms with van der Waals surface area (Å²) in [5, 5.41) is 65.2. The standard InChI is InChI=1S/C35H48N8O11S.C2HF3O2/c1-15-27(47)38-22-10-20-19-7-5-6-8-21(19)41-33(20)55-13-24(34(53)43-12-18(46)9-25(43)31(51)37-15)40-32(52)26(17(3)45)42-28(48)16(2)36-30(50)23(39-29(22)49)11-35(4,54)14-44;3-2(4,5)1(6)7/h5-8,15-18,22-26,41,44-46,54H,9-14H2,1-4H3,(H,36,50)(H,37,51)(H,38,47)(H,39,49)(H,40,52)(H,42,48);(H,6,7)/t15-,16-,17-,18-,22-,23-,24-,25-,26+,35?;/m0./s1. The summed E-state index contributed by atoms with van der Waals surface area (Å²) >= 11 is 1.08. The summed E-state index contributed by atoms with van der Waals surface area (Å²) in [6.45, 7) is 4.02. The third-order valence-electron chi connectivity index (χ3n) is 10.1. The van der Waals surface area contributed by atoms with E-state index >= 15 is 0 Å². The Morgan fingerprint density at radius 2 is 1.45 bits per heavy atom. The topological polar surface area (TPSA) is 329 Å². The fourth-order valence-electron chi connectivity index (χ4n) is 6.74.